The molecule has 0 amide bonds. The summed E-state index contributed by atoms with van der Waals surface area (Å²) in [4.78, 5) is 10.1. The van der Waals surface area contributed by atoms with Crippen molar-refractivity contribution in [3.05, 3.63) is 28.3 Å². The van der Waals surface area contributed by atoms with E-state index in [4.69, 9.17) is 11.0 Å². The number of hydrogen-bond donors (Lipinski definition) is 1. The number of nitrogens with zero attached hydrogens (tertiary/aromatic N) is 2. The molecular formula is C7H5N3O2S. The summed E-state index contributed by atoms with van der Waals surface area (Å²) in [6, 6.07) is 4.32. The molecule has 0 saturated heterocycles. The molecule has 0 spiro atoms. The average Bonchev–Trinajstić information content (AvgIpc) is 2.08. The fourth-order valence-corrected chi connectivity index (χ4v) is 1.37. The average molecular weight is 195 g/mol. The van der Waals surface area contributed by atoms with Gasteiger partial charge in [-0.1, -0.05) is 6.07 Å². The highest BCUT2D eigenvalue weighted by Crippen LogP contribution is 2.33. The molecule has 0 bridgehead atoms. The standard InChI is InChI=1S/C7H5N3O2S/c8-4-13-7-5(9)2-1-3-6(7)10(11)12/h1-3H,9H2. The zero-order valence-electron chi connectivity index (χ0n) is 6.43. The van der Waals surface area contributed by atoms with Crippen molar-refractivity contribution in [2.24, 2.45) is 0 Å². The van der Waals surface area contributed by atoms with Crippen molar-refractivity contribution in [1.29, 1.82) is 5.26 Å². The molecule has 1 rings (SSSR count). The third-order valence-corrected chi connectivity index (χ3v) is 2.11. The Bertz CT molecular complexity index is 386. The van der Waals surface area contributed by atoms with Crippen molar-refractivity contribution in [1.82, 2.24) is 0 Å². The molecule has 0 aliphatic heterocycles. The number of nitrogen functional groups attached to an aromatic ring is 1. The smallest absolute Gasteiger partial charge is 0.286 e. The van der Waals surface area contributed by atoms with Crippen LogP contribution in [0.3, 0.4) is 0 Å². The molecule has 0 aliphatic carbocycles. The van der Waals surface area contributed by atoms with E-state index >= 15 is 0 Å². The number of nitro benzene ring substituents is 1. The number of hydrogen-bond acceptors (Lipinski definition) is 5. The Morgan fingerprint density at radius 2 is 2.31 bits per heavy atom. The van der Waals surface area contributed by atoms with Gasteiger partial charge < -0.3 is 5.73 Å². The van der Waals surface area contributed by atoms with Gasteiger partial charge in [0.25, 0.3) is 5.69 Å². The molecule has 0 aromatic heterocycles. The predicted molar refractivity (Wildman–Crippen MR) is 49.0 cm³/mol. The van der Waals surface area contributed by atoms with Crippen molar-refractivity contribution >= 4 is 23.1 Å². The first-order chi connectivity index (χ1) is 6.16. The first kappa shape index (κ1) is 9.35. The van der Waals surface area contributed by atoms with E-state index in [0.717, 1.165) is 0 Å². The summed E-state index contributed by atoms with van der Waals surface area (Å²) < 4.78 is 0. The van der Waals surface area contributed by atoms with Crippen LogP contribution in [0.1, 0.15) is 0 Å². The third-order valence-electron chi connectivity index (χ3n) is 1.37. The maximum atomic E-state index is 10.5. The minimum atomic E-state index is -0.559. The summed E-state index contributed by atoms with van der Waals surface area (Å²) >= 11 is 0.696. The molecule has 6 heteroatoms. The second-order valence-electron chi connectivity index (χ2n) is 2.15. The Kier molecular flexibility index (Phi) is 2.72. The molecule has 2 N–H and O–H groups in total. The minimum absolute atomic E-state index is 0.133. The van der Waals surface area contributed by atoms with Crippen LogP contribution in [0.2, 0.25) is 0 Å². The van der Waals surface area contributed by atoms with Gasteiger partial charge >= 0.3 is 0 Å². The second kappa shape index (κ2) is 3.78. The van der Waals surface area contributed by atoms with Gasteiger partial charge in [-0.3, -0.25) is 10.1 Å². The normalized spacial score (nSPS) is 9.15. The molecule has 0 saturated carbocycles. The maximum absolute atomic E-state index is 10.5. The minimum Gasteiger partial charge on any atom is -0.398 e. The van der Waals surface area contributed by atoms with Crippen LogP contribution < -0.4 is 5.73 Å². The van der Waals surface area contributed by atoms with Gasteiger partial charge in [-0.15, -0.1) is 0 Å². The van der Waals surface area contributed by atoms with Crippen LogP contribution in [0.25, 0.3) is 0 Å². The Balaban J connectivity index is 3.27. The largest absolute Gasteiger partial charge is 0.398 e. The van der Waals surface area contributed by atoms with Crippen LogP contribution in [-0.2, 0) is 0 Å². The Morgan fingerprint density at radius 1 is 1.62 bits per heavy atom. The van der Waals surface area contributed by atoms with E-state index in [2.05, 4.69) is 0 Å². The predicted octanol–water partition coefficient (Wildman–Crippen LogP) is 1.75. The number of rotatable bonds is 2. The van der Waals surface area contributed by atoms with E-state index < -0.39 is 4.92 Å². The van der Waals surface area contributed by atoms with E-state index in [1.165, 1.54) is 18.2 Å². The Morgan fingerprint density at radius 3 is 2.85 bits per heavy atom. The quantitative estimate of drug-likeness (QED) is 0.255. The van der Waals surface area contributed by atoms with Crippen molar-refractivity contribution in [3.8, 4) is 5.40 Å². The summed E-state index contributed by atoms with van der Waals surface area (Å²) in [5, 5.41) is 20.6. The first-order valence-electron chi connectivity index (χ1n) is 3.25. The molecule has 5 nitrogen and oxygen atoms in total. The third kappa shape index (κ3) is 1.89. The molecule has 13 heavy (non-hydrogen) atoms. The monoisotopic (exact) mass is 195 g/mol. The van der Waals surface area contributed by atoms with E-state index in [9.17, 15) is 10.1 Å². The highest BCUT2D eigenvalue weighted by Gasteiger charge is 2.16. The van der Waals surface area contributed by atoms with Gasteiger partial charge in [0.15, 0.2) is 0 Å². The van der Waals surface area contributed by atoms with Gasteiger partial charge in [0.05, 0.1) is 10.6 Å². The fraction of sp³-hybridized carbons (Fsp3) is 0. The van der Waals surface area contributed by atoms with Crippen LogP contribution in [0, 0.1) is 20.8 Å². The Labute approximate surface area is 78.3 Å². The van der Waals surface area contributed by atoms with E-state index in [0.29, 0.717) is 11.8 Å². The zero-order valence-corrected chi connectivity index (χ0v) is 7.25. The molecule has 0 radical (unpaired) electrons. The van der Waals surface area contributed by atoms with Gasteiger partial charge in [-0.05, 0) is 17.8 Å². The lowest BCUT2D eigenvalue weighted by molar-refractivity contribution is -0.387. The lowest BCUT2D eigenvalue weighted by atomic mass is 10.3. The number of nitriles is 1. The summed E-state index contributed by atoms with van der Waals surface area (Å²) in [6.07, 6.45) is 0. The highest BCUT2D eigenvalue weighted by molar-refractivity contribution is 8.04. The molecule has 0 atom stereocenters. The Hall–Kier alpha value is -1.74. The highest BCUT2D eigenvalue weighted by atomic mass is 32.2. The summed E-state index contributed by atoms with van der Waals surface area (Å²) in [5.74, 6) is 0. The maximum Gasteiger partial charge on any atom is 0.286 e. The van der Waals surface area contributed by atoms with Crippen molar-refractivity contribution < 1.29 is 4.92 Å². The van der Waals surface area contributed by atoms with Crippen molar-refractivity contribution in [2.75, 3.05) is 5.73 Å². The van der Waals surface area contributed by atoms with E-state index in [-0.39, 0.29) is 16.3 Å². The topological polar surface area (TPSA) is 93.0 Å². The number of nitro groups is 1. The van der Waals surface area contributed by atoms with Gasteiger partial charge in [0.1, 0.15) is 10.3 Å². The number of thioether (sulfide) groups is 1. The lowest BCUT2D eigenvalue weighted by Gasteiger charge is -2.00. The second-order valence-corrected chi connectivity index (χ2v) is 2.94. The SMILES string of the molecule is N#CSc1c(N)cccc1[N+](=O)[O-]. The van der Waals surface area contributed by atoms with Gasteiger partial charge in [0, 0.05) is 6.07 Å². The van der Waals surface area contributed by atoms with Crippen LogP contribution in [0.4, 0.5) is 11.4 Å². The van der Waals surface area contributed by atoms with Crippen molar-refractivity contribution in [2.45, 2.75) is 4.90 Å². The first-order valence-corrected chi connectivity index (χ1v) is 4.07. The van der Waals surface area contributed by atoms with Gasteiger partial charge in [-0.2, -0.15) is 5.26 Å². The van der Waals surface area contributed by atoms with E-state index in [1.54, 1.807) is 5.40 Å². The van der Waals surface area contributed by atoms with Crippen LogP contribution in [-0.4, -0.2) is 4.92 Å². The van der Waals surface area contributed by atoms with E-state index in [1.807, 2.05) is 0 Å². The summed E-state index contributed by atoms with van der Waals surface area (Å²) in [7, 11) is 0. The summed E-state index contributed by atoms with van der Waals surface area (Å²) in [5.41, 5.74) is 5.59. The zero-order chi connectivity index (χ0) is 9.84. The number of benzene rings is 1. The van der Waals surface area contributed by atoms with Crippen LogP contribution in [0.15, 0.2) is 23.1 Å². The number of thiocyanates is 1. The molecule has 1 aromatic rings. The molecule has 0 heterocycles. The van der Waals surface area contributed by atoms with Crippen LogP contribution >= 0.6 is 11.8 Å². The van der Waals surface area contributed by atoms with Gasteiger partial charge in [0.2, 0.25) is 0 Å². The molecule has 0 fully saturated rings. The van der Waals surface area contributed by atoms with Gasteiger partial charge in [-0.25, -0.2) is 0 Å². The summed E-state index contributed by atoms with van der Waals surface area (Å²) in [6.45, 7) is 0. The lowest BCUT2D eigenvalue weighted by Crippen LogP contribution is -1.94. The molecule has 1 aromatic carbocycles. The number of nitrogens with two attached hydrogens (primary N) is 1. The number of anilines is 1. The molecule has 66 valence electrons. The van der Waals surface area contributed by atoms with Crippen LogP contribution in [0.5, 0.6) is 0 Å². The molecular weight excluding hydrogens is 190 g/mol. The molecule has 0 aliphatic rings. The fourth-order valence-electron chi connectivity index (χ4n) is 0.843. The van der Waals surface area contributed by atoms with Crippen molar-refractivity contribution in [3.63, 3.8) is 0 Å². The molecule has 0 unspecified atom stereocenters.